The van der Waals surface area contributed by atoms with E-state index in [2.05, 4.69) is 24.4 Å². The molecule has 0 aromatic carbocycles. The smallest absolute Gasteiger partial charge is 0.197 e. The summed E-state index contributed by atoms with van der Waals surface area (Å²) in [7, 11) is -3.12. The largest absolute Gasteiger partial charge is 0.280 e. The summed E-state index contributed by atoms with van der Waals surface area (Å²) < 4.78 is 23.9. The number of nitrogens with one attached hydrogen (secondary N) is 1. The molecule has 1 aliphatic rings. The number of nitrogens with zero attached hydrogens (tertiary/aromatic N) is 1. The van der Waals surface area contributed by atoms with Crippen LogP contribution in [-0.4, -0.2) is 28.5 Å². The van der Waals surface area contributed by atoms with Crippen molar-refractivity contribution < 1.29 is 8.42 Å². The van der Waals surface area contributed by atoms with E-state index >= 15 is 0 Å². The van der Waals surface area contributed by atoms with E-state index in [0.29, 0.717) is 5.92 Å². The highest BCUT2D eigenvalue weighted by atomic mass is 32.3. The number of thioether (sulfide) groups is 2. The normalized spacial score (nSPS) is 21.4. The van der Waals surface area contributed by atoms with Crippen LogP contribution in [0.2, 0.25) is 0 Å². The van der Waals surface area contributed by atoms with Gasteiger partial charge in [0.25, 0.3) is 0 Å². The number of hydrazone groups is 1. The molecule has 1 unspecified atom stereocenters. The van der Waals surface area contributed by atoms with Crippen LogP contribution in [0.5, 0.6) is 0 Å². The first-order valence-electron chi connectivity index (χ1n) is 5.19. The molecule has 94 valence electrons. The van der Waals surface area contributed by atoms with Gasteiger partial charge in [0.2, 0.25) is 0 Å². The highest BCUT2D eigenvalue weighted by molar-refractivity contribution is 8.41. The molecule has 16 heavy (non-hydrogen) atoms. The Hall–Kier alpha value is 0.120. The van der Waals surface area contributed by atoms with Crippen molar-refractivity contribution in [1.82, 2.24) is 5.43 Å². The van der Waals surface area contributed by atoms with Crippen molar-refractivity contribution in [3.8, 4) is 0 Å². The van der Waals surface area contributed by atoms with Crippen LogP contribution in [0.25, 0.3) is 0 Å². The topological polar surface area (TPSA) is 58.5 Å². The van der Waals surface area contributed by atoms with E-state index in [9.17, 15) is 8.42 Å². The molecule has 1 heterocycles. The second-order valence-corrected chi connectivity index (χ2v) is 9.55. The van der Waals surface area contributed by atoms with E-state index in [1.807, 2.05) is 0 Å². The van der Waals surface area contributed by atoms with Crippen LogP contribution in [0, 0.1) is 5.92 Å². The molecule has 0 aromatic heterocycles. The molecule has 0 spiro atoms. The van der Waals surface area contributed by atoms with Crippen LogP contribution in [0.15, 0.2) is 5.10 Å². The van der Waals surface area contributed by atoms with Gasteiger partial charge in [0.15, 0.2) is 18.9 Å². The summed E-state index contributed by atoms with van der Waals surface area (Å²) in [6.45, 7) is 7.64. The minimum absolute atomic E-state index is 0.373. The maximum absolute atomic E-state index is 11.9. The van der Waals surface area contributed by atoms with Gasteiger partial charge in [0.05, 0.1) is 5.25 Å². The summed E-state index contributed by atoms with van der Waals surface area (Å²) >= 11 is 2.91. The van der Waals surface area contributed by atoms with Crippen molar-refractivity contribution in [2.75, 3.05) is 5.75 Å². The van der Waals surface area contributed by atoms with Gasteiger partial charge in [-0.25, -0.2) is 8.42 Å². The highest BCUT2D eigenvalue weighted by Gasteiger charge is 2.34. The predicted octanol–water partition coefficient (Wildman–Crippen LogP) is 2.09. The Morgan fingerprint density at radius 3 is 2.56 bits per heavy atom. The van der Waals surface area contributed by atoms with Crippen LogP contribution in [0.4, 0.5) is 0 Å². The van der Waals surface area contributed by atoms with Crippen molar-refractivity contribution in [1.29, 1.82) is 0 Å². The predicted molar refractivity (Wildman–Crippen MR) is 73.3 cm³/mol. The maximum Gasteiger partial charge on any atom is 0.197 e. The molecule has 7 heteroatoms. The van der Waals surface area contributed by atoms with E-state index in [1.165, 1.54) is 11.8 Å². The molecule has 0 radical (unpaired) electrons. The fraction of sp³-hybridized carbons (Fsp3) is 0.889. The zero-order valence-corrected chi connectivity index (χ0v) is 12.4. The van der Waals surface area contributed by atoms with Gasteiger partial charge in [0, 0.05) is 5.75 Å². The van der Waals surface area contributed by atoms with Crippen LogP contribution >= 0.6 is 23.5 Å². The van der Waals surface area contributed by atoms with Gasteiger partial charge in [0.1, 0.15) is 0 Å². The maximum atomic E-state index is 11.9. The summed E-state index contributed by atoms with van der Waals surface area (Å²) in [6.07, 6.45) is 0. The Labute approximate surface area is 106 Å². The minimum Gasteiger partial charge on any atom is -0.280 e. The second kappa shape index (κ2) is 5.64. The van der Waals surface area contributed by atoms with E-state index < -0.39 is 14.5 Å². The molecule has 1 atom stereocenters. The fourth-order valence-electron chi connectivity index (χ4n) is 0.942. The Kier molecular flexibility index (Phi) is 5.00. The molecule has 0 aliphatic carbocycles. The van der Waals surface area contributed by atoms with Gasteiger partial charge in [-0.2, -0.15) is 5.10 Å². The Bertz CT molecular complexity index is 363. The number of hydrogen-bond acceptors (Lipinski definition) is 6. The lowest BCUT2D eigenvalue weighted by atomic mass is 10.3. The van der Waals surface area contributed by atoms with E-state index in [0.717, 1.165) is 10.1 Å². The van der Waals surface area contributed by atoms with Gasteiger partial charge in [-0.3, -0.25) is 5.43 Å². The molecule has 1 aliphatic heterocycles. The lowest BCUT2D eigenvalue weighted by Gasteiger charge is -2.13. The van der Waals surface area contributed by atoms with Crippen molar-refractivity contribution in [3.63, 3.8) is 0 Å². The number of hydrogen-bond donors (Lipinski definition) is 1. The minimum atomic E-state index is -3.12. The van der Waals surface area contributed by atoms with Gasteiger partial charge < -0.3 is 0 Å². The van der Waals surface area contributed by atoms with E-state index in [4.69, 9.17) is 0 Å². The van der Waals surface area contributed by atoms with Gasteiger partial charge in [-0.1, -0.05) is 37.4 Å². The quantitative estimate of drug-likeness (QED) is 0.855. The molecular weight excluding hydrogens is 264 g/mol. The molecular formula is C9H18N2O2S3. The average molecular weight is 282 g/mol. The summed E-state index contributed by atoms with van der Waals surface area (Å²) in [4.78, 5) is 0. The Morgan fingerprint density at radius 1 is 1.44 bits per heavy atom. The van der Waals surface area contributed by atoms with Gasteiger partial charge in [-0.05, 0) is 19.8 Å². The SMILES string of the molecule is CC(C)CSC1=NNC(S(=O)(=O)C(C)C)S1. The number of sulfone groups is 1. The second-order valence-electron chi connectivity index (χ2n) is 4.30. The standard InChI is InChI=1S/C9H18N2O2S3/c1-6(2)5-14-8-10-11-9(15-8)16(12,13)7(3)4/h6-7,9,11H,5H2,1-4H3. The van der Waals surface area contributed by atoms with Crippen LogP contribution in [0.3, 0.4) is 0 Å². The highest BCUT2D eigenvalue weighted by Crippen LogP contribution is 2.30. The molecule has 4 nitrogen and oxygen atoms in total. The average Bonchev–Trinajstić information content (AvgIpc) is 2.63. The van der Waals surface area contributed by atoms with Crippen LogP contribution in [0.1, 0.15) is 27.7 Å². The molecule has 1 rings (SSSR count). The van der Waals surface area contributed by atoms with E-state index in [-0.39, 0.29) is 5.25 Å². The Balaban J connectivity index is 2.51. The summed E-state index contributed by atoms with van der Waals surface area (Å²) in [6, 6.07) is 0. The first-order chi connectivity index (χ1) is 7.34. The van der Waals surface area contributed by atoms with Crippen molar-refractivity contribution >= 4 is 37.7 Å². The lowest BCUT2D eigenvalue weighted by Crippen LogP contribution is -2.32. The zero-order valence-electron chi connectivity index (χ0n) is 9.93. The first-order valence-corrected chi connectivity index (χ1v) is 8.67. The fourth-order valence-corrected chi connectivity index (χ4v) is 5.05. The van der Waals surface area contributed by atoms with Crippen molar-refractivity contribution in [2.45, 2.75) is 37.7 Å². The van der Waals surface area contributed by atoms with Gasteiger partial charge in [-0.15, -0.1) is 0 Å². The third-order valence-electron chi connectivity index (χ3n) is 1.96. The molecule has 0 bridgehead atoms. The summed E-state index contributed by atoms with van der Waals surface area (Å²) in [5.41, 5.74) is 2.69. The molecule has 0 aromatic rings. The third kappa shape index (κ3) is 3.56. The van der Waals surface area contributed by atoms with Crippen LogP contribution in [-0.2, 0) is 9.84 Å². The van der Waals surface area contributed by atoms with E-state index in [1.54, 1.807) is 25.6 Å². The zero-order chi connectivity index (χ0) is 12.3. The van der Waals surface area contributed by atoms with Crippen molar-refractivity contribution in [2.24, 2.45) is 11.0 Å². The van der Waals surface area contributed by atoms with Crippen molar-refractivity contribution in [3.05, 3.63) is 0 Å². The molecule has 0 saturated heterocycles. The van der Waals surface area contributed by atoms with Crippen LogP contribution < -0.4 is 5.43 Å². The monoisotopic (exact) mass is 282 g/mol. The number of rotatable bonds is 4. The molecule has 0 saturated carbocycles. The Morgan fingerprint density at radius 2 is 2.06 bits per heavy atom. The lowest BCUT2D eigenvalue weighted by molar-refractivity contribution is 0.576. The molecule has 0 fully saturated rings. The molecule has 0 amide bonds. The van der Waals surface area contributed by atoms with Gasteiger partial charge >= 0.3 is 0 Å². The first kappa shape index (κ1) is 14.2. The summed E-state index contributed by atoms with van der Waals surface area (Å²) in [5, 5.41) is 3.68. The molecule has 1 N–H and O–H groups in total. The third-order valence-corrected chi connectivity index (χ3v) is 7.50. The summed E-state index contributed by atoms with van der Waals surface area (Å²) in [5.74, 6) is 1.54.